The number of hydrogen-bond acceptors (Lipinski definition) is 5. The van der Waals surface area contributed by atoms with Crippen molar-refractivity contribution in [3.05, 3.63) is 17.8 Å². The third-order valence-corrected chi connectivity index (χ3v) is 3.08. The molecular weight excluding hydrogens is 232 g/mol. The predicted molar refractivity (Wildman–Crippen MR) is 67.5 cm³/mol. The van der Waals surface area contributed by atoms with Crippen LogP contribution < -0.4 is 10.6 Å². The second-order valence-corrected chi connectivity index (χ2v) is 4.64. The number of nitrogens with zero attached hydrogens (tertiary/aromatic N) is 2. The molecule has 2 rings (SSSR count). The highest BCUT2D eigenvalue weighted by Gasteiger charge is 2.30. The average Bonchev–Trinajstić information content (AvgIpc) is 2.83. The Bertz CT molecular complexity index is 413. The molecule has 1 aliphatic heterocycles. The molecule has 6 heteroatoms. The number of carbonyl (C=O) groups is 1. The average molecular weight is 250 g/mol. The Morgan fingerprint density at radius 2 is 2.33 bits per heavy atom. The fraction of sp³-hybridized carbons (Fsp3) is 0.583. The summed E-state index contributed by atoms with van der Waals surface area (Å²) in [5.74, 6) is 0.416. The second-order valence-electron chi connectivity index (χ2n) is 4.64. The Balaban J connectivity index is 1.90. The first-order valence-electron chi connectivity index (χ1n) is 6.07. The molecule has 18 heavy (non-hydrogen) atoms. The molecule has 2 N–H and O–H groups in total. The number of hydrogen-bond donors (Lipinski definition) is 2. The van der Waals surface area contributed by atoms with Crippen LogP contribution >= 0.6 is 0 Å². The van der Waals surface area contributed by atoms with E-state index in [1.54, 1.807) is 19.2 Å². The van der Waals surface area contributed by atoms with Gasteiger partial charge in [0.2, 0.25) is 0 Å². The zero-order valence-electron chi connectivity index (χ0n) is 10.7. The van der Waals surface area contributed by atoms with E-state index in [2.05, 4.69) is 20.8 Å². The van der Waals surface area contributed by atoms with Gasteiger partial charge in [0.25, 0.3) is 5.91 Å². The summed E-state index contributed by atoms with van der Waals surface area (Å²) in [5.41, 5.74) is 0.0733. The number of carbonyl (C=O) groups excluding carboxylic acids is 1. The first kappa shape index (κ1) is 12.8. The predicted octanol–water partition coefficient (Wildman–Crippen LogP) is 0.817. The van der Waals surface area contributed by atoms with Crippen molar-refractivity contribution in [1.82, 2.24) is 15.5 Å². The summed E-state index contributed by atoms with van der Waals surface area (Å²) >= 11 is 0. The molecule has 1 amide bonds. The molecule has 0 bridgehead atoms. The van der Waals surface area contributed by atoms with Gasteiger partial charge in [-0.15, -0.1) is 10.2 Å². The minimum Gasteiger partial charge on any atom is -0.373 e. The van der Waals surface area contributed by atoms with E-state index in [0.29, 0.717) is 18.1 Å². The molecule has 1 aromatic heterocycles. The van der Waals surface area contributed by atoms with Gasteiger partial charge in [0.15, 0.2) is 5.69 Å². The fourth-order valence-corrected chi connectivity index (χ4v) is 1.92. The lowest BCUT2D eigenvalue weighted by Gasteiger charge is -2.23. The van der Waals surface area contributed by atoms with Crippen LogP contribution in [0.15, 0.2) is 12.1 Å². The van der Waals surface area contributed by atoms with Gasteiger partial charge < -0.3 is 15.4 Å². The van der Waals surface area contributed by atoms with Gasteiger partial charge in [-0.1, -0.05) is 0 Å². The van der Waals surface area contributed by atoms with Gasteiger partial charge >= 0.3 is 0 Å². The van der Waals surface area contributed by atoms with E-state index in [1.165, 1.54) is 0 Å². The van der Waals surface area contributed by atoms with E-state index in [1.807, 2.05) is 6.92 Å². The third-order valence-electron chi connectivity index (χ3n) is 3.08. The van der Waals surface area contributed by atoms with Gasteiger partial charge in [0.1, 0.15) is 5.82 Å². The van der Waals surface area contributed by atoms with Crippen molar-refractivity contribution < 1.29 is 9.53 Å². The summed E-state index contributed by atoms with van der Waals surface area (Å²) < 4.78 is 5.60. The van der Waals surface area contributed by atoms with Crippen molar-refractivity contribution in [3.63, 3.8) is 0 Å². The topological polar surface area (TPSA) is 76.1 Å². The number of ether oxygens (including phenoxy) is 1. The molecular formula is C12H18N4O2. The Labute approximate surface area is 106 Å². The molecule has 1 atom stereocenters. The number of anilines is 1. The summed E-state index contributed by atoms with van der Waals surface area (Å²) in [6, 6.07) is 3.36. The number of aromatic nitrogens is 2. The molecule has 0 aliphatic carbocycles. The zero-order valence-corrected chi connectivity index (χ0v) is 10.7. The lowest BCUT2D eigenvalue weighted by atomic mass is 10.0. The highest BCUT2D eigenvalue weighted by molar-refractivity contribution is 5.92. The first-order chi connectivity index (χ1) is 8.63. The van der Waals surface area contributed by atoms with Gasteiger partial charge in [0.05, 0.1) is 5.60 Å². The second kappa shape index (κ2) is 5.30. The van der Waals surface area contributed by atoms with Crippen LogP contribution in [-0.2, 0) is 4.74 Å². The Hall–Kier alpha value is -1.69. The normalized spacial score (nSPS) is 22.8. The summed E-state index contributed by atoms with van der Waals surface area (Å²) in [5, 5.41) is 13.4. The monoisotopic (exact) mass is 250 g/mol. The maximum atomic E-state index is 11.9. The highest BCUT2D eigenvalue weighted by Crippen LogP contribution is 2.23. The maximum Gasteiger partial charge on any atom is 0.271 e. The molecule has 1 unspecified atom stereocenters. The third kappa shape index (κ3) is 2.95. The molecule has 2 heterocycles. The Morgan fingerprint density at radius 1 is 1.50 bits per heavy atom. The molecule has 6 nitrogen and oxygen atoms in total. The summed E-state index contributed by atoms with van der Waals surface area (Å²) in [6.45, 7) is 3.28. The van der Waals surface area contributed by atoms with Crippen LogP contribution in [-0.4, -0.2) is 41.9 Å². The van der Waals surface area contributed by atoms with E-state index < -0.39 is 0 Å². The van der Waals surface area contributed by atoms with Gasteiger partial charge in [0, 0.05) is 20.2 Å². The quantitative estimate of drug-likeness (QED) is 0.827. The molecule has 1 aliphatic rings. The standard InChI is InChI=1S/C12H18N4O2/c1-12(6-3-7-18-12)8-14-11(17)9-4-5-10(13-2)16-15-9/h4-5H,3,6-8H2,1-2H3,(H,13,16)(H,14,17). The summed E-state index contributed by atoms with van der Waals surface area (Å²) in [4.78, 5) is 11.9. The van der Waals surface area contributed by atoms with Crippen LogP contribution in [0.2, 0.25) is 0 Å². The van der Waals surface area contributed by atoms with Crippen LogP contribution in [0.1, 0.15) is 30.3 Å². The van der Waals surface area contributed by atoms with Crippen LogP contribution in [0.25, 0.3) is 0 Å². The van der Waals surface area contributed by atoms with Crippen molar-refractivity contribution in [3.8, 4) is 0 Å². The zero-order chi connectivity index (χ0) is 13.0. The minimum atomic E-state index is -0.242. The van der Waals surface area contributed by atoms with E-state index in [-0.39, 0.29) is 11.5 Å². The van der Waals surface area contributed by atoms with Gasteiger partial charge in [-0.2, -0.15) is 0 Å². The van der Waals surface area contributed by atoms with E-state index >= 15 is 0 Å². The van der Waals surface area contributed by atoms with E-state index in [4.69, 9.17) is 4.74 Å². The summed E-state index contributed by atoms with van der Waals surface area (Å²) in [7, 11) is 1.75. The number of amides is 1. The highest BCUT2D eigenvalue weighted by atomic mass is 16.5. The molecule has 0 saturated carbocycles. The molecule has 0 radical (unpaired) electrons. The first-order valence-corrected chi connectivity index (χ1v) is 6.07. The van der Waals surface area contributed by atoms with Gasteiger partial charge in [-0.05, 0) is 31.9 Å². The maximum absolute atomic E-state index is 11.9. The lowest BCUT2D eigenvalue weighted by Crippen LogP contribution is -2.40. The van der Waals surface area contributed by atoms with E-state index in [0.717, 1.165) is 19.4 Å². The fourth-order valence-electron chi connectivity index (χ4n) is 1.92. The van der Waals surface area contributed by atoms with Gasteiger partial charge in [-0.25, -0.2) is 0 Å². The minimum absolute atomic E-state index is 0.220. The molecule has 1 fully saturated rings. The Kier molecular flexibility index (Phi) is 3.76. The molecule has 98 valence electrons. The largest absolute Gasteiger partial charge is 0.373 e. The van der Waals surface area contributed by atoms with Gasteiger partial charge in [-0.3, -0.25) is 4.79 Å². The van der Waals surface area contributed by atoms with Crippen LogP contribution in [0.3, 0.4) is 0 Å². The lowest BCUT2D eigenvalue weighted by molar-refractivity contribution is 0.0205. The van der Waals surface area contributed by atoms with Crippen molar-refractivity contribution in [2.24, 2.45) is 0 Å². The molecule has 1 aromatic rings. The number of rotatable bonds is 4. The van der Waals surface area contributed by atoms with Crippen LogP contribution in [0.5, 0.6) is 0 Å². The SMILES string of the molecule is CNc1ccc(C(=O)NCC2(C)CCCO2)nn1. The van der Waals surface area contributed by atoms with Crippen molar-refractivity contribution in [1.29, 1.82) is 0 Å². The van der Waals surface area contributed by atoms with E-state index in [9.17, 15) is 4.79 Å². The van der Waals surface area contributed by atoms with Crippen molar-refractivity contribution in [2.45, 2.75) is 25.4 Å². The van der Waals surface area contributed by atoms with Crippen molar-refractivity contribution in [2.75, 3.05) is 25.5 Å². The Morgan fingerprint density at radius 3 is 2.89 bits per heavy atom. The molecule has 1 saturated heterocycles. The van der Waals surface area contributed by atoms with Crippen molar-refractivity contribution >= 4 is 11.7 Å². The molecule has 0 spiro atoms. The van der Waals surface area contributed by atoms with Crippen LogP contribution in [0, 0.1) is 0 Å². The molecule has 0 aromatic carbocycles. The van der Waals surface area contributed by atoms with Crippen LogP contribution in [0.4, 0.5) is 5.82 Å². The number of nitrogens with one attached hydrogen (secondary N) is 2. The smallest absolute Gasteiger partial charge is 0.271 e. The summed E-state index contributed by atoms with van der Waals surface area (Å²) in [6.07, 6.45) is 2.01.